The number of fused-ring (bicyclic) bond motifs is 1. The number of hydrazone groups is 1. The molecule has 0 radical (unpaired) electrons. The maximum atomic E-state index is 4.24. The Morgan fingerprint density at radius 1 is 1.57 bits per heavy atom. The smallest absolute Gasteiger partial charge is 0.137 e. The van der Waals surface area contributed by atoms with Crippen molar-refractivity contribution in [3.05, 3.63) is 34.7 Å². The lowest BCUT2D eigenvalue weighted by molar-refractivity contribution is 0.906. The number of hydrogen-bond donors (Lipinski definition) is 1. The van der Waals surface area contributed by atoms with Gasteiger partial charge in [0.15, 0.2) is 0 Å². The Morgan fingerprint density at radius 2 is 2.43 bits per heavy atom. The van der Waals surface area contributed by atoms with E-state index in [0.717, 1.165) is 15.8 Å². The third-order valence-corrected chi connectivity index (χ3v) is 2.29. The molecule has 0 atom stereocenters. The van der Waals surface area contributed by atoms with E-state index >= 15 is 0 Å². The minimum absolute atomic E-state index is 0.908. The highest BCUT2D eigenvalue weighted by atomic mass is 79.9. The zero-order valence-corrected chi connectivity index (χ0v) is 9.19. The van der Waals surface area contributed by atoms with Crippen LogP contribution in [0.2, 0.25) is 0 Å². The van der Waals surface area contributed by atoms with Crippen molar-refractivity contribution in [1.82, 2.24) is 14.8 Å². The fourth-order valence-electron chi connectivity index (χ4n) is 1.20. The Morgan fingerprint density at radius 3 is 3.21 bits per heavy atom. The first-order valence-corrected chi connectivity index (χ1v) is 4.93. The number of hydrogen-bond acceptors (Lipinski definition) is 3. The van der Waals surface area contributed by atoms with Crippen molar-refractivity contribution in [2.75, 3.05) is 7.05 Å². The van der Waals surface area contributed by atoms with Crippen molar-refractivity contribution in [2.24, 2.45) is 5.10 Å². The average molecular weight is 253 g/mol. The zero-order valence-electron chi connectivity index (χ0n) is 7.61. The van der Waals surface area contributed by atoms with Crippen LogP contribution in [0.5, 0.6) is 0 Å². The predicted octanol–water partition coefficient (Wildman–Crippen LogP) is 1.65. The highest BCUT2D eigenvalue weighted by Crippen LogP contribution is 2.12. The molecule has 4 nitrogen and oxygen atoms in total. The number of aromatic nitrogens is 2. The molecule has 0 aliphatic rings. The van der Waals surface area contributed by atoms with E-state index in [-0.39, 0.29) is 0 Å². The summed E-state index contributed by atoms with van der Waals surface area (Å²) in [6.45, 7) is 0. The summed E-state index contributed by atoms with van der Waals surface area (Å²) in [6.07, 6.45) is 5.47. The first-order chi connectivity index (χ1) is 6.81. The Kier molecular flexibility index (Phi) is 2.49. The minimum Gasteiger partial charge on any atom is -0.313 e. The van der Waals surface area contributed by atoms with Crippen LogP contribution in [0.25, 0.3) is 5.65 Å². The van der Waals surface area contributed by atoms with Gasteiger partial charge in [0.2, 0.25) is 0 Å². The summed E-state index contributed by atoms with van der Waals surface area (Å²) in [5.74, 6) is 0. The Labute approximate surface area is 89.8 Å². The molecule has 0 aliphatic heterocycles. The summed E-state index contributed by atoms with van der Waals surface area (Å²) in [4.78, 5) is 4.24. The van der Waals surface area contributed by atoms with Crippen molar-refractivity contribution < 1.29 is 0 Å². The lowest BCUT2D eigenvalue weighted by atomic mass is 10.4. The molecule has 0 aromatic carbocycles. The molecule has 0 fully saturated rings. The Bertz CT molecular complexity index is 475. The zero-order chi connectivity index (χ0) is 9.97. The van der Waals surface area contributed by atoms with Crippen LogP contribution in [-0.2, 0) is 0 Å². The van der Waals surface area contributed by atoms with Crippen molar-refractivity contribution in [1.29, 1.82) is 0 Å². The third kappa shape index (κ3) is 1.63. The molecule has 5 heteroatoms. The largest absolute Gasteiger partial charge is 0.313 e. The lowest BCUT2D eigenvalue weighted by Gasteiger charge is -1.96. The van der Waals surface area contributed by atoms with Gasteiger partial charge in [-0.15, -0.1) is 0 Å². The second-order valence-electron chi connectivity index (χ2n) is 2.74. The quantitative estimate of drug-likeness (QED) is 0.653. The van der Waals surface area contributed by atoms with Gasteiger partial charge in [0.25, 0.3) is 0 Å². The number of rotatable bonds is 2. The maximum Gasteiger partial charge on any atom is 0.137 e. The molecule has 0 bridgehead atoms. The number of halogens is 1. The minimum atomic E-state index is 0.908. The fraction of sp³-hybridized carbons (Fsp3) is 0.111. The molecular weight excluding hydrogens is 244 g/mol. The van der Waals surface area contributed by atoms with Gasteiger partial charge in [0.05, 0.1) is 18.1 Å². The first kappa shape index (κ1) is 9.21. The summed E-state index contributed by atoms with van der Waals surface area (Å²) in [5, 5.41) is 3.94. The summed E-state index contributed by atoms with van der Waals surface area (Å²) in [5.41, 5.74) is 4.55. The van der Waals surface area contributed by atoms with Gasteiger partial charge >= 0.3 is 0 Å². The second-order valence-corrected chi connectivity index (χ2v) is 3.66. The molecule has 2 rings (SSSR count). The molecule has 2 aromatic heterocycles. The maximum absolute atomic E-state index is 4.24. The number of pyridine rings is 1. The number of imidazole rings is 1. The average Bonchev–Trinajstić information content (AvgIpc) is 2.57. The first-order valence-electron chi connectivity index (χ1n) is 4.13. The van der Waals surface area contributed by atoms with Crippen LogP contribution < -0.4 is 5.43 Å². The van der Waals surface area contributed by atoms with Gasteiger partial charge in [-0.1, -0.05) is 0 Å². The summed E-state index contributed by atoms with van der Waals surface area (Å²) >= 11 is 3.41. The topological polar surface area (TPSA) is 41.7 Å². The van der Waals surface area contributed by atoms with Gasteiger partial charge in [-0.2, -0.15) is 5.10 Å². The lowest BCUT2D eigenvalue weighted by Crippen LogP contribution is -1.97. The summed E-state index contributed by atoms with van der Waals surface area (Å²) < 4.78 is 2.98. The number of nitrogens with zero attached hydrogens (tertiary/aromatic N) is 3. The van der Waals surface area contributed by atoms with E-state index in [4.69, 9.17) is 0 Å². The molecule has 0 unspecified atom stereocenters. The third-order valence-electron chi connectivity index (χ3n) is 1.82. The molecular formula is C9H9BrN4. The van der Waals surface area contributed by atoms with E-state index in [9.17, 15) is 0 Å². The Balaban J connectivity index is 2.55. The molecule has 1 N–H and O–H groups in total. The van der Waals surface area contributed by atoms with Crippen LogP contribution in [0, 0.1) is 0 Å². The van der Waals surface area contributed by atoms with Crippen molar-refractivity contribution >= 4 is 27.8 Å². The molecule has 0 spiro atoms. The normalized spacial score (nSPS) is 11.3. The summed E-state index contributed by atoms with van der Waals surface area (Å²) in [7, 11) is 1.76. The highest BCUT2D eigenvalue weighted by Gasteiger charge is 2.00. The van der Waals surface area contributed by atoms with E-state index in [1.807, 2.05) is 22.7 Å². The summed E-state index contributed by atoms with van der Waals surface area (Å²) in [6, 6.07) is 3.90. The molecule has 14 heavy (non-hydrogen) atoms. The Hall–Kier alpha value is -1.36. The van der Waals surface area contributed by atoms with Crippen LogP contribution in [0.15, 0.2) is 34.1 Å². The molecule has 0 saturated carbocycles. The monoisotopic (exact) mass is 252 g/mol. The van der Waals surface area contributed by atoms with Gasteiger partial charge in [0, 0.05) is 17.7 Å². The van der Waals surface area contributed by atoms with Crippen LogP contribution in [0.4, 0.5) is 0 Å². The van der Waals surface area contributed by atoms with Gasteiger partial charge in [-0.3, -0.25) is 4.40 Å². The molecule has 0 saturated heterocycles. The molecule has 0 amide bonds. The van der Waals surface area contributed by atoms with Crippen molar-refractivity contribution in [3.8, 4) is 0 Å². The molecule has 2 aromatic rings. The molecule has 2 heterocycles. The SMILES string of the molecule is CN/N=C/c1cnc2ccc(Br)cn12. The van der Waals surface area contributed by atoms with Crippen LogP contribution in [0.1, 0.15) is 5.69 Å². The van der Waals surface area contributed by atoms with Gasteiger partial charge in [-0.25, -0.2) is 4.98 Å². The van der Waals surface area contributed by atoms with Crippen molar-refractivity contribution in [2.45, 2.75) is 0 Å². The highest BCUT2D eigenvalue weighted by molar-refractivity contribution is 9.10. The fourth-order valence-corrected chi connectivity index (χ4v) is 1.54. The van der Waals surface area contributed by atoms with E-state index in [1.54, 1.807) is 19.5 Å². The van der Waals surface area contributed by atoms with Crippen LogP contribution in [-0.4, -0.2) is 22.6 Å². The van der Waals surface area contributed by atoms with Gasteiger partial charge in [-0.05, 0) is 28.1 Å². The predicted molar refractivity (Wildman–Crippen MR) is 59.5 cm³/mol. The standard InChI is InChI=1S/C9H9BrN4/c1-11-13-5-8-4-12-9-3-2-7(10)6-14(8)9/h2-6,11H,1H3/b13-5+. The van der Waals surface area contributed by atoms with E-state index in [0.29, 0.717) is 0 Å². The second kappa shape index (κ2) is 3.79. The molecule has 72 valence electrons. The van der Waals surface area contributed by atoms with E-state index in [1.165, 1.54) is 0 Å². The van der Waals surface area contributed by atoms with Gasteiger partial charge in [0.1, 0.15) is 5.65 Å². The van der Waals surface area contributed by atoms with E-state index < -0.39 is 0 Å². The van der Waals surface area contributed by atoms with Crippen LogP contribution in [0.3, 0.4) is 0 Å². The van der Waals surface area contributed by atoms with E-state index in [2.05, 4.69) is 31.4 Å². The molecule has 0 aliphatic carbocycles. The van der Waals surface area contributed by atoms with Crippen LogP contribution >= 0.6 is 15.9 Å². The van der Waals surface area contributed by atoms with Crippen molar-refractivity contribution in [3.63, 3.8) is 0 Å². The van der Waals surface area contributed by atoms with Gasteiger partial charge < -0.3 is 5.43 Å². The number of nitrogens with one attached hydrogen (secondary N) is 1.